The number of fused-ring (bicyclic) bond motifs is 3. The monoisotopic (exact) mass is 701 g/mol. The van der Waals surface area contributed by atoms with Crippen LogP contribution in [-0.4, -0.2) is 40.8 Å². The summed E-state index contributed by atoms with van der Waals surface area (Å²) in [6.07, 6.45) is 9.87. The maximum atomic E-state index is 12.1. The zero-order valence-corrected chi connectivity index (χ0v) is 28.7. The third kappa shape index (κ3) is 9.28. The van der Waals surface area contributed by atoms with Crippen LogP contribution in [0.3, 0.4) is 0 Å². The number of benzene rings is 2. The van der Waals surface area contributed by atoms with Gasteiger partial charge in [-0.1, -0.05) is 86.1 Å². The number of ether oxygens (including phenoxy) is 1. The Morgan fingerprint density at radius 2 is 1.14 bits per heavy atom. The average molecular weight is 702 g/mol. The lowest BCUT2D eigenvalue weighted by Crippen LogP contribution is -2.13. The normalized spacial score (nSPS) is 10.2. The second kappa shape index (κ2) is 17.7. The number of nitrogens with one attached hydrogen (secondary N) is 2. The minimum absolute atomic E-state index is 0.242. The molecule has 12 nitrogen and oxygen atoms in total. The lowest BCUT2D eigenvalue weighted by Gasteiger charge is -2.05. The van der Waals surface area contributed by atoms with Crippen molar-refractivity contribution in [1.29, 1.82) is 0 Å². The van der Waals surface area contributed by atoms with Crippen LogP contribution in [0.25, 0.3) is 16.6 Å². The standard InChI is InChI=1S/C15H13N3O2.C14H10ClN3O.C7H7N3.C2H6/c19-15(20-11-12-6-2-1-3-7-12)17-13-10-16-18-9-5-4-8-14(13)18;15-11-6-2-1-5-10(11)14(19)17-12-9-16-18-8-4-3-7-13(12)18;8-6-5-9-10-4-2-1-3-7(6)10;1-2/h1-10H,11H2,(H,17,19);1-9H,(H,17,19);1-5H,8H2;1-2H3. The van der Waals surface area contributed by atoms with E-state index in [1.807, 2.05) is 117 Å². The second-order valence-electron chi connectivity index (χ2n) is 10.4. The predicted molar refractivity (Wildman–Crippen MR) is 201 cm³/mol. The Hall–Kier alpha value is -6.66. The van der Waals surface area contributed by atoms with E-state index in [-0.39, 0.29) is 12.5 Å². The van der Waals surface area contributed by atoms with Gasteiger partial charge in [-0.15, -0.1) is 0 Å². The lowest BCUT2D eigenvalue weighted by molar-refractivity contribution is 0.102. The van der Waals surface area contributed by atoms with Crippen molar-refractivity contribution in [2.24, 2.45) is 0 Å². The Bertz CT molecular complexity index is 2330. The first-order chi connectivity index (χ1) is 25.0. The van der Waals surface area contributed by atoms with Crippen LogP contribution in [0.2, 0.25) is 5.02 Å². The quantitative estimate of drug-likeness (QED) is 0.164. The van der Waals surface area contributed by atoms with E-state index in [0.717, 1.165) is 27.8 Å². The zero-order valence-electron chi connectivity index (χ0n) is 27.9. The molecule has 0 saturated carbocycles. The second-order valence-corrected chi connectivity index (χ2v) is 10.8. The van der Waals surface area contributed by atoms with Gasteiger partial charge in [0, 0.05) is 18.6 Å². The van der Waals surface area contributed by atoms with Crippen LogP contribution in [0.5, 0.6) is 0 Å². The van der Waals surface area contributed by atoms with Crippen molar-refractivity contribution in [2.45, 2.75) is 20.5 Å². The summed E-state index contributed by atoms with van der Waals surface area (Å²) in [6, 6.07) is 33.5. The number of carbonyl (C=O) groups is 2. The minimum Gasteiger partial charge on any atom is -0.444 e. The summed E-state index contributed by atoms with van der Waals surface area (Å²) in [5, 5.41) is 18.2. The van der Waals surface area contributed by atoms with Gasteiger partial charge >= 0.3 is 6.09 Å². The van der Waals surface area contributed by atoms with E-state index in [1.54, 1.807) is 56.4 Å². The van der Waals surface area contributed by atoms with E-state index >= 15 is 0 Å². The van der Waals surface area contributed by atoms with Crippen molar-refractivity contribution in [2.75, 3.05) is 16.4 Å². The van der Waals surface area contributed by atoms with Crippen LogP contribution >= 0.6 is 11.6 Å². The van der Waals surface area contributed by atoms with Gasteiger partial charge in [-0.3, -0.25) is 10.1 Å². The fraction of sp³-hybridized carbons (Fsp3) is 0.0789. The van der Waals surface area contributed by atoms with Gasteiger partial charge in [-0.25, -0.2) is 18.3 Å². The Morgan fingerprint density at radius 3 is 1.73 bits per heavy atom. The molecule has 0 spiro atoms. The molecule has 51 heavy (non-hydrogen) atoms. The molecule has 6 aromatic heterocycles. The van der Waals surface area contributed by atoms with Crippen molar-refractivity contribution in [1.82, 2.24) is 28.8 Å². The first-order valence-corrected chi connectivity index (χ1v) is 16.4. The summed E-state index contributed by atoms with van der Waals surface area (Å²) < 4.78 is 10.3. The number of pyridine rings is 3. The number of rotatable bonds is 5. The summed E-state index contributed by atoms with van der Waals surface area (Å²) in [4.78, 5) is 23.9. The zero-order chi connectivity index (χ0) is 36.0. The van der Waals surface area contributed by atoms with E-state index in [4.69, 9.17) is 22.1 Å². The van der Waals surface area contributed by atoms with E-state index in [2.05, 4.69) is 25.9 Å². The third-order valence-electron chi connectivity index (χ3n) is 7.13. The fourth-order valence-electron chi connectivity index (χ4n) is 4.72. The minimum atomic E-state index is -0.493. The maximum Gasteiger partial charge on any atom is 0.412 e. The van der Waals surface area contributed by atoms with E-state index in [9.17, 15) is 9.59 Å². The number of nitrogen functional groups attached to an aromatic ring is 1. The number of nitrogens with two attached hydrogens (primary N) is 1. The van der Waals surface area contributed by atoms with Gasteiger partial charge in [0.25, 0.3) is 5.91 Å². The Balaban J connectivity index is 0.000000152. The molecule has 6 heterocycles. The number of carbonyl (C=O) groups excluding carboxylic acids is 2. The first-order valence-electron chi connectivity index (χ1n) is 16.0. The molecule has 2 aromatic carbocycles. The largest absolute Gasteiger partial charge is 0.444 e. The lowest BCUT2D eigenvalue weighted by atomic mass is 10.2. The molecule has 8 aromatic rings. The van der Waals surface area contributed by atoms with Crippen LogP contribution in [0, 0.1) is 0 Å². The van der Waals surface area contributed by atoms with Crippen LogP contribution in [0.1, 0.15) is 29.8 Å². The van der Waals surface area contributed by atoms with Gasteiger partial charge in [0.2, 0.25) is 0 Å². The first kappa shape index (κ1) is 35.6. The van der Waals surface area contributed by atoms with Crippen molar-refractivity contribution >= 4 is 57.2 Å². The van der Waals surface area contributed by atoms with Crippen LogP contribution < -0.4 is 16.4 Å². The molecule has 8 rings (SSSR count). The van der Waals surface area contributed by atoms with Gasteiger partial charge < -0.3 is 15.8 Å². The number of anilines is 3. The highest BCUT2D eigenvalue weighted by Crippen LogP contribution is 2.20. The van der Waals surface area contributed by atoms with E-state index in [1.165, 1.54) is 0 Å². The smallest absolute Gasteiger partial charge is 0.412 e. The SMILES string of the molecule is CC.Nc1cnn2ccccc12.O=C(Nc1cnn2ccccc12)OCc1ccccc1.O=C(Nc1cnn2ccccc12)c1ccccc1Cl. The van der Waals surface area contributed by atoms with Crippen molar-refractivity contribution in [3.05, 3.63) is 163 Å². The molecule has 0 unspecified atom stereocenters. The Kier molecular flexibility index (Phi) is 12.3. The van der Waals surface area contributed by atoms with Gasteiger partial charge in [0.05, 0.1) is 62.8 Å². The molecule has 0 bridgehead atoms. The van der Waals surface area contributed by atoms with Crippen LogP contribution in [0.15, 0.2) is 146 Å². The van der Waals surface area contributed by atoms with Crippen molar-refractivity contribution < 1.29 is 14.3 Å². The molecule has 0 aliphatic heterocycles. The fourth-order valence-corrected chi connectivity index (χ4v) is 4.94. The summed E-state index contributed by atoms with van der Waals surface area (Å²) in [5.41, 5.74) is 11.6. The number of aromatic nitrogens is 6. The van der Waals surface area contributed by atoms with Gasteiger partial charge in [0.15, 0.2) is 0 Å². The van der Waals surface area contributed by atoms with Crippen LogP contribution in [0.4, 0.5) is 21.9 Å². The summed E-state index contributed by atoms with van der Waals surface area (Å²) in [5.74, 6) is -0.246. The molecule has 0 fully saturated rings. The molecule has 0 radical (unpaired) electrons. The molecule has 13 heteroatoms. The molecular formula is C38H36ClN9O3. The van der Waals surface area contributed by atoms with Crippen LogP contribution in [-0.2, 0) is 11.3 Å². The number of amides is 2. The van der Waals surface area contributed by atoms with Crippen molar-refractivity contribution in [3.8, 4) is 0 Å². The number of halogens is 1. The summed E-state index contributed by atoms with van der Waals surface area (Å²) in [6.45, 7) is 4.24. The van der Waals surface area contributed by atoms with Crippen molar-refractivity contribution in [3.63, 3.8) is 0 Å². The molecular weight excluding hydrogens is 666 g/mol. The highest BCUT2D eigenvalue weighted by Gasteiger charge is 2.12. The molecule has 258 valence electrons. The number of hydrogen-bond acceptors (Lipinski definition) is 7. The molecule has 0 aliphatic rings. The highest BCUT2D eigenvalue weighted by molar-refractivity contribution is 6.34. The Labute approximate surface area is 299 Å². The van der Waals surface area contributed by atoms with Gasteiger partial charge in [0.1, 0.15) is 6.61 Å². The Morgan fingerprint density at radius 1 is 0.647 bits per heavy atom. The predicted octanol–water partition coefficient (Wildman–Crippen LogP) is 8.27. The molecule has 0 aliphatic carbocycles. The number of hydrogen-bond donors (Lipinski definition) is 3. The van der Waals surface area contributed by atoms with Gasteiger partial charge in [-0.05, 0) is 54.1 Å². The third-order valence-corrected chi connectivity index (χ3v) is 7.46. The molecule has 2 amide bonds. The molecule has 4 N–H and O–H groups in total. The van der Waals surface area contributed by atoms with E-state index < -0.39 is 6.09 Å². The summed E-state index contributed by atoms with van der Waals surface area (Å²) in [7, 11) is 0. The maximum absolute atomic E-state index is 12.1. The number of nitrogens with zero attached hydrogens (tertiary/aromatic N) is 6. The average Bonchev–Trinajstić information content (AvgIpc) is 3.90. The topological polar surface area (TPSA) is 145 Å². The van der Waals surface area contributed by atoms with Gasteiger partial charge in [-0.2, -0.15) is 15.3 Å². The molecule has 0 atom stereocenters. The molecule has 0 saturated heterocycles. The van der Waals surface area contributed by atoms with E-state index in [0.29, 0.717) is 22.0 Å². The highest BCUT2D eigenvalue weighted by atomic mass is 35.5. The summed E-state index contributed by atoms with van der Waals surface area (Å²) >= 11 is 6.00.